The van der Waals surface area contributed by atoms with Crippen molar-refractivity contribution in [3.63, 3.8) is 0 Å². The number of nitrogens with zero attached hydrogens (tertiary/aromatic N) is 3. The molecule has 166 valence electrons. The van der Waals surface area contributed by atoms with E-state index in [0.717, 1.165) is 12.3 Å². The third-order valence-corrected chi connectivity index (χ3v) is 5.36. The summed E-state index contributed by atoms with van der Waals surface area (Å²) in [5.41, 5.74) is -3.05. The maximum Gasteiger partial charge on any atom is 0.456 e. The van der Waals surface area contributed by atoms with Crippen LogP contribution in [0, 0.1) is 0 Å². The molecule has 30 heavy (non-hydrogen) atoms. The lowest BCUT2D eigenvalue weighted by molar-refractivity contribution is -0.290. The number of halogens is 8. The third-order valence-electron chi connectivity index (χ3n) is 3.60. The van der Waals surface area contributed by atoms with Gasteiger partial charge in [0.2, 0.25) is 5.88 Å². The number of aromatic nitrogens is 3. The molecule has 2 heterocycles. The van der Waals surface area contributed by atoms with Crippen molar-refractivity contribution in [2.45, 2.75) is 30.1 Å². The molecule has 2 aromatic heterocycles. The molecule has 0 aliphatic heterocycles. The van der Waals surface area contributed by atoms with Gasteiger partial charge in [-0.25, -0.2) is 8.42 Å². The van der Waals surface area contributed by atoms with Crippen LogP contribution in [0.5, 0.6) is 5.88 Å². The van der Waals surface area contributed by atoms with Crippen molar-refractivity contribution in [3.05, 3.63) is 30.0 Å². The van der Waals surface area contributed by atoms with E-state index in [1.54, 1.807) is 0 Å². The van der Waals surface area contributed by atoms with Gasteiger partial charge >= 0.3 is 18.3 Å². The fourth-order valence-electron chi connectivity index (χ4n) is 2.04. The Balaban J connectivity index is 2.54. The van der Waals surface area contributed by atoms with Crippen molar-refractivity contribution in [1.29, 1.82) is 0 Å². The number of pyridine rings is 1. The van der Waals surface area contributed by atoms with E-state index in [9.17, 15) is 43.5 Å². The minimum absolute atomic E-state index is 0.199. The summed E-state index contributed by atoms with van der Waals surface area (Å²) in [7, 11) is -3.95. The molecule has 0 unspecified atom stereocenters. The number of hydrogen-bond acceptors (Lipinski definition) is 6. The van der Waals surface area contributed by atoms with Crippen molar-refractivity contribution in [2.24, 2.45) is 0 Å². The first-order chi connectivity index (χ1) is 13.6. The molecule has 0 saturated carbocycles. The Morgan fingerprint density at radius 2 is 1.67 bits per heavy atom. The monoisotopic (exact) mass is 465 g/mol. The van der Waals surface area contributed by atoms with Gasteiger partial charge < -0.3 is 4.74 Å². The summed E-state index contributed by atoms with van der Waals surface area (Å²) in [6, 6.07) is 2.47. The fourth-order valence-corrected chi connectivity index (χ4v) is 3.08. The quantitative estimate of drug-likeness (QED) is 0.602. The van der Waals surface area contributed by atoms with Crippen LogP contribution in [0.15, 0.2) is 29.3 Å². The van der Waals surface area contributed by atoms with Crippen LogP contribution < -0.4 is 4.74 Å². The van der Waals surface area contributed by atoms with Gasteiger partial charge in [0.05, 0.1) is 10.6 Å². The number of rotatable bonds is 6. The Hall–Kier alpha value is -2.58. The molecule has 0 aliphatic carbocycles. The molecule has 0 spiro atoms. The van der Waals surface area contributed by atoms with E-state index in [-0.39, 0.29) is 6.07 Å². The van der Waals surface area contributed by atoms with Crippen LogP contribution in [-0.2, 0) is 16.0 Å². The first-order valence-electron chi connectivity index (χ1n) is 7.80. The Bertz CT molecular complexity index is 1020. The fraction of sp³-hybridized carbons (Fsp3) is 0.400. The van der Waals surface area contributed by atoms with Crippen LogP contribution in [-0.4, -0.2) is 48.1 Å². The van der Waals surface area contributed by atoms with Gasteiger partial charge in [-0.05, 0) is 18.2 Å². The molecule has 6 nitrogen and oxygen atoms in total. The average molecular weight is 465 g/mol. The standard InChI is InChI=1S/C15H11F8N3O3S/c1-2-30(27,28)10-4-3-5-24-11(10)9-6-8(14(18,19)20)12(26-25-9)29-7-13(16,17)15(21,22)23/h3-6H,2,7H2,1H3. The Kier molecular flexibility index (Phi) is 6.26. The van der Waals surface area contributed by atoms with E-state index in [2.05, 4.69) is 19.9 Å². The molecule has 0 bridgehead atoms. The number of ether oxygens (including phenoxy) is 1. The van der Waals surface area contributed by atoms with Gasteiger partial charge in [0, 0.05) is 6.20 Å². The number of sulfone groups is 1. The largest absolute Gasteiger partial charge is 0.469 e. The first-order valence-corrected chi connectivity index (χ1v) is 9.46. The molecule has 15 heteroatoms. The second kappa shape index (κ2) is 7.92. The molecule has 0 atom stereocenters. The highest BCUT2D eigenvalue weighted by molar-refractivity contribution is 7.91. The zero-order chi connectivity index (χ0) is 23.0. The summed E-state index contributed by atoms with van der Waals surface area (Å²) in [6.45, 7) is -1.19. The van der Waals surface area contributed by atoms with E-state index in [0.29, 0.717) is 0 Å². The van der Waals surface area contributed by atoms with Gasteiger partial charge in [0.25, 0.3) is 0 Å². The van der Waals surface area contributed by atoms with Crippen LogP contribution in [0.25, 0.3) is 11.4 Å². The molecule has 0 aliphatic rings. The second-order valence-electron chi connectivity index (χ2n) is 5.69. The summed E-state index contributed by atoms with van der Waals surface area (Å²) < 4.78 is 131. The lowest BCUT2D eigenvalue weighted by Crippen LogP contribution is -2.42. The molecule has 0 fully saturated rings. The molecule has 2 aromatic rings. The minimum atomic E-state index is -6.06. The molecule has 2 rings (SSSR count). The second-order valence-corrected chi connectivity index (χ2v) is 7.94. The van der Waals surface area contributed by atoms with Crippen LogP contribution in [0.4, 0.5) is 35.1 Å². The SMILES string of the molecule is CCS(=O)(=O)c1cccnc1-c1cc(C(F)(F)F)c(OCC(F)(F)C(F)(F)F)nn1. The highest BCUT2D eigenvalue weighted by Gasteiger charge is 2.58. The van der Waals surface area contributed by atoms with Crippen molar-refractivity contribution in [3.8, 4) is 17.3 Å². The van der Waals surface area contributed by atoms with Crippen LogP contribution >= 0.6 is 0 Å². The summed E-state index contributed by atoms with van der Waals surface area (Å²) in [5.74, 6) is -7.50. The van der Waals surface area contributed by atoms with Gasteiger partial charge in [-0.15, -0.1) is 10.2 Å². The minimum Gasteiger partial charge on any atom is -0.469 e. The molecular weight excluding hydrogens is 454 g/mol. The average Bonchev–Trinajstić information content (AvgIpc) is 2.64. The topological polar surface area (TPSA) is 82.0 Å². The van der Waals surface area contributed by atoms with E-state index in [1.807, 2.05) is 0 Å². The van der Waals surface area contributed by atoms with Gasteiger partial charge in [0.15, 0.2) is 16.4 Å². The normalized spacial score (nSPS) is 13.4. The predicted molar refractivity (Wildman–Crippen MR) is 84.5 cm³/mol. The third kappa shape index (κ3) is 4.94. The van der Waals surface area contributed by atoms with Crippen molar-refractivity contribution >= 4 is 9.84 Å². The zero-order valence-electron chi connectivity index (χ0n) is 14.7. The zero-order valence-corrected chi connectivity index (χ0v) is 15.5. The Morgan fingerprint density at radius 3 is 2.20 bits per heavy atom. The molecular formula is C15H11F8N3O3S. The van der Waals surface area contributed by atoms with E-state index in [1.165, 1.54) is 13.0 Å². The lowest BCUT2D eigenvalue weighted by Gasteiger charge is -2.20. The van der Waals surface area contributed by atoms with Crippen molar-refractivity contribution in [2.75, 3.05) is 12.4 Å². The summed E-state index contributed by atoms with van der Waals surface area (Å²) in [5, 5.41) is 6.19. The molecule has 0 amide bonds. The first kappa shape index (κ1) is 23.7. The van der Waals surface area contributed by atoms with Crippen molar-refractivity contribution < 1.29 is 48.3 Å². The Morgan fingerprint density at radius 1 is 1.03 bits per heavy atom. The van der Waals surface area contributed by atoms with E-state index < -0.39 is 68.2 Å². The summed E-state index contributed by atoms with van der Waals surface area (Å²) >= 11 is 0. The summed E-state index contributed by atoms with van der Waals surface area (Å²) in [6.07, 6.45) is -10.3. The summed E-state index contributed by atoms with van der Waals surface area (Å²) in [4.78, 5) is 3.21. The van der Waals surface area contributed by atoms with Crippen LogP contribution in [0.2, 0.25) is 0 Å². The molecule has 0 aromatic carbocycles. The number of alkyl halides is 8. The molecule has 0 radical (unpaired) electrons. The van der Waals surface area contributed by atoms with Gasteiger partial charge in [-0.1, -0.05) is 6.92 Å². The maximum absolute atomic E-state index is 13.3. The van der Waals surface area contributed by atoms with Crippen LogP contribution in [0.3, 0.4) is 0 Å². The van der Waals surface area contributed by atoms with Crippen LogP contribution in [0.1, 0.15) is 12.5 Å². The molecule has 0 saturated heterocycles. The predicted octanol–water partition coefficient (Wildman–Crippen LogP) is 3.93. The highest BCUT2D eigenvalue weighted by atomic mass is 32.2. The van der Waals surface area contributed by atoms with Gasteiger partial charge in [-0.2, -0.15) is 35.1 Å². The highest BCUT2D eigenvalue weighted by Crippen LogP contribution is 2.39. The smallest absolute Gasteiger partial charge is 0.456 e. The van der Waals surface area contributed by atoms with E-state index >= 15 is 0 Å². The van der Waals surface area contributed by atoms with E-state index in [4.69, 9.17) is 0 Å². The Labute approximate surface area is 163 Å². The van der Waals surface area contributed by atoms with Crippen molar-refractivity contribution in [1.82, 2.24) is 15.2 Å². The molecule has 0 N–H and O–H groups in total. The van der Waals surface area contributed by atoms with Gasteiger partial charge in [-0.3, -0.25) is 4.98 Å². The number of hydrogen-bond donors (Lipinski definition) is 0. The van der Waals surface area contributed by atoms with Gasteiger partial charge in [0.1, 0.15) is 17.0 Å². The lowest BCUT2D eigenvalue weighted by atomic mass is 10.2. The maximum atomic E-state index is 13.3.